The monoisotopic (exact) mass is 492 g/mol. The van der Waals surface area contributed by atoms with Crippen LogP contribution in [-0.4, -0.2) is 29.8 Å². The topological polar surface area (TPSA) is 49.4 Å². The van der Waals surface area contributed by atoms with Gasteiger partial charge in [-0.15, -0.1) is 11.3 Å². The van der Waals surface area contributed by atoms with Crippen molar-refractivity contribution in [2.24, 2.45) is 0 Å². The van der Waals surface area contributed by atoms with Crippen LogP contribution in [0.5, 0.6) is 0 Å². The minimum atomic E-state index is -0.231. The van der Waals surface area contributed by atoms with Gasteiger partial charge in [0.15, 0.2) is 0 Å². The van der Waals surface area contributed by atoms with Crippen LogP contribution in [0.3, 0.4) is 0 Å². The maximum Gasteiger partial charge on any atom is 0.265 e. The van der Waals surface area contributed by atoms with E-state index in [0.717, 1.165) is 8.26 Å². The molecule has 0 radical (unpaired) electrons. The lowest BCUT2D eigenvalue weighted by atomic mass is 10.1. The average Bonchev–Trinajstić information content (AvgIpc) is 2.88. The van der Waals surface area contributed by atoms with E-state index in [1.54, 1.807) is 29.2 Å². The molecule has 0 saturated heterocycles. The van der Waals surface area contributed by atoms with Gasteiger partial charge in [0, 0.05) is 23.2 Å². The number of anilines is 1. The molecule has 2 amide bonds. The van der Waals surface area contributed by atoms with E-state index in [0.29, 0.717) is 34.2 Å². The van der Waals surface area contributed by atoms with Crippen molar-refractivity contribution in [3.05, 3.63) is 48.0 Å². The van der Waals surface area contributed by atoms with Crippen molar-refractivity contribution in [3.8, 4) is 0 Å². The van der Waals surface area contributed by atoms with Gasteiger partial charge in [-0.25, -0.2) is 0 Å². The second-order valence-electron chi connectivity index (χ2n) is 4.86. The molecule has 0 saturated carbocycles. The van der Waals surface area contributed by atoms with E-state index in [1.807, 2.05) is 13.8 Å². The van der Waals surface area contributed by atoms with E-state index in [-0.39, 0.29) is 11.8 Å². The van der Waals surface area contributed by atoms with Crippen LogP contribution in [0.1, 0.15) is 33.9 Å². The minimum Gasteiger partial charge on any atom is -0.339 e. The number of hydrogen-bond acceptors (Lipinski definition) is 3. The molecule has 1 heterocycles. The fourth-order valence-corrected chi connectivity index (χ4v) is 4.29. The molecule has 128 valence electrons. The van der Waals surface area contributed by atoms with Crippen LogP contribution in [0.15, 0.2) is 32.5 Å². The summed E-state index contributed by atoms with van der Waals surface area (Å²) in [4.78, 5) is 26.9. The van der Waals surface area contributed by atoms with Crippen LogP contribution >= 0.6 is 54.8 Å². The zero-order valence-corrected chi connectivity index (χ0v) is 17.8. The van der Waals surface area contributed by atoms with Crippen molar-refractivity contribution < 1.29 is 9.59 Å². The van der Waals surface area contributed by atoms with Crippen LogP contribution in [-0.2, 0) is 0 Å². The van der Waals surface area contributed by atoms with Gasteiger partial charge in [-0.1, -0.05) is 11.6 Å². The molecule has 2 aromatic rings. The number of benzene rings is 1. The molecule has 0 spiro atoms. The second-order valence-corrected chi connectivity index (χ2v) is 8.49. The van der Waals surface area contributed by atoms with Crippen molar-refractivity contribution >= 4 is 72.3 Å². The number of amides is 2. The van der Waals surface area contributed by atoms with Crippen molar-refractivity contribution in [2.45, 2.75) is 13.8 Å². The average molecular weight is 495 g/mol. The first kappa shape index (κ1) is 19.4. The predicted octanol–water partition coefficient (Wildman–Crippen LogP) is 5.66. The highest BCUT2D eigenvalue weighted by atomic mass is 79.9. The Morgan fingerprint density at radius 1 is 1.21 bits per heavy atom. The molecular formula is C16H15Br2ClN2O2S. The van der Waals surface area contributed by atoms with Gasteiger partial charge in [-0.3, -0.25) is 9.59 Å². The first-order valence-electron chi connectivity index (χ1n) is 7.22. The van der Waals surface area contributed by atoms with Gasteiger partial charge in [0.2, 0.25) is 0 Å². The summed E-state index contributed by atoms with van der Waals surface area (Å²) in [5.74, 6) is -0.348. The molecular weight excluding hydrogens is 480 g/mol. The van der Waals surface area contributed by atoms with E-state index < -0.39 is 0 Å². The Labute approximate surface area is 166 Å². The smallest absolute Gasteiger partial charge is 0.265 e. The lowest BCUT2D eigenvalue weighted by molar-refractivity contribution is 0.0773. The van der Waals surface area contributed by atoms with Crippen LogP contribution in [0.2, 0.25) is 5.02 Å². The number of carbonyl (C=O) groups is 2. The summed E-state index contributed by atoms with van der Waals surface area (Å²) in [6.45, 7) is 5.07. The summed E-state index contributed by atoms with van der Waals surface area (Å²) in [5.41, 5.74) is 0.974. The van der Waals surface area contributed by atoms with Crippen LogP contribution in [0, 0.1) is 0 Å². The molecule has 1 N–H and O–H groups in total. The molecule has 1 aromatic carbocycles. The van der Waals surface area contributed by atoms with E-state index in [9.17, 15) is 9.59 Å². The zero-order valence-electron chi connectivity index (χ0n) is 13.0. The van der Waals surface area contributed by atoms with Crippen molar-refractivity contribution in [3.63, 3.8) is 0 Å². The Kier molecular flexibility index (Phi) is 6.86. The standard InChI is InChI=1S/C16H15Br2ClN2O2S/c1-3-21(4-2)16(23)10-6-5-9(7-12(10)19)20-15(22)13-8-11(17)14(18)24-13/h5-8H,3-4H2,1-2H3,(H,20,22). The number of hydrogen-bond donors (Lipinski definition) is 1. The van der Waals surface area contributed by atoms with E-state index in [2.05, 4.69) is 37.2 Å². The summed E-state index contributed by atoms with van der Waals surface area (Å²) in [7, 11) is 0. The molecule has 0 aliphatic rings. The fraction of sp³-hybridized carbons (Fsp3) is 0.250. The largest absolute Gasteiger partial charge is 0.339 e. The van der Waals surface area contributed by atoms with Crippen molar-refractivity contribution in [1.29, 1.82) is 0 Å². The third kappa shape index (κ3) is 4.39. The summed E-state index contributed by atoms with van der Waals surface area (Å²) in [6, 6.07) is 6.65. The second kappa shape index (κ2) is 8.47. The van der Waals surface area contributed by atoms with Crippen molar-refractivity contribution in [1.82, 2.24) is 4.90 Å². The third-order valence-electron chi connectivity index (χ3n) is 3.38. The molecule has 24 heavy (non-hydrogen) atoms. The normalized spacial score (nSPS) is 10.5. The summed E-state index contributed by atoms with van der Waals surface area (Å²) >= 11 is 14.3. The molecule has 0 bridgehead atoms. The first-order valence-corrected chi connectivity index (χ1v) is 10.00. The van der Waals surface area contributed by atoms with Gasteiger partial charge >= 0.3 is 0 Å². The molecule has 8 heteroatoms. The quantitative estimate of drug-likeness (QED) is 0.583. The minimum absolute atomic E-state index is 0.117. The molecule has 1 aromatic heterocycles. The maximum absolute atomic E-state index is 12.4. The first-order chi connectivity index (χ1) is 11.4. The highest BCUT2D eigenvalue weighted by Gasteiger charge is 2.17. The molecule has 0 unspecified atom stereocenters. The molecule has 0 aliphatic carbocycles. The maximum atomic E-state index is 12.4. The lowest BCUT2D eigenvalue weighted by Gasteiger charge is -2.19. The van der Waals surface area contributed by atoms with Gasteiger partial charge < -0.3 is 10.2 Å². The number of nitrogens with one attached hydrogen (secondary N) is 1. The highest BCUT2D eigenvalue weighted by molar-refractivity contribution is 9.13. The van der Waals surface area contributed by atoms with E-state index in [4.69, 9.17) is 11.6 Å². The summed E-state index contributed by atoms with van der Waals surface area (Å²) in [5, 5.41) is 3.10. The van der Waals surface area contributed by atoms with Crippen molar-refractivity contribution in [2.75, 3.05) is 18.4 Å². The number of halogens is 3. The molecule has 0 atom stereocenters. The SMILES string of the molecule is CCN(CC)C(=O)c1ccc(NC(=O)c2cc(Br)c(Br)s2)cc1Cl. The van der Waals surface area contributed by atoms with E-state index in [1.165, 1.54) is 11.3 Å². The zero-order chi connectivity index (χ0) is 17.9. The van der Waals surface area contributed by atoms with Crippen LogP contribution < -0.4 is 5.32 Å². The Morgan fingerprint density at radius 3 is 2.38 bits per heavy atom. The van der Waals surface area contributed by atoms with Gasteiger partial charge in [-0.05, 0) is 70.0 Å². The predicted molar refractivity (Wildman–Crippen MR) is 106 cm³/mol. The number of carbonyl (C=O) groups excluding carboxylic acids is 2. The Bertz CT molecular complexity index is 756. The Morgan fingerprint density at radius 2 is 1.88 bits per heavy atom. The summed E-state index contributed by atoms with van der Waals surface area (Å²) in [6.07, 6.45) is 0. The number of rotatable bonds is 5. The van der Waals surface area contributed by atoms with Gasteiger partial charge in [0.25, 0.3) is 11.8 Å². The lowest BCUT2D eigenvalue weighted by Crippen LogP contribution is -2.30. The molecule has 0 fully saturated rings. The number of nitrogens with zero attached hydrogens (tertiary/aromatic N) is 1. The molecule has 0 aliphatic heterocycles. The third-order valence-corrected chi connectivity index (χ3v) is 6.94. The van der Waals surface area contributed by atoms with Gasteiger partial charge in [0.05, 0.1) is 19.2 Å². The van der Waals surface area contributed by atoms with Gasteiger partial charge in [-0.2, -0.15) is 0 Å². The van der Waals surface area contributed by atoms with Crippen LogP contribution in [0.4, 0.5) is 5.69 Å². The number of thiophene rings is 1. The Hall–Kier alpha value is -0.890. The Balaban J connectivity index is 2.17. The van der Waals surface area contributed by atoms with Gasteiger partial charge in [0.1, 0.15) is 0 Å². The van der Waals surface area contributed by atoms with Crippen LogP contribution in [0.25, 0.3) is 0 Å². The molecule has 2 rings (SSSR count). The fourth-order valence-electron chi connectivity index (χ4n) is 2.10. The summed E-state index contributed by atoms with van der Waals surface area (Å²) < 4.78 is 1.68. The van der Waals surface area contributed by atoms with E-state index >= 15 is 0 Å². The highest BCUT2D eigenvalue weighted by Crippen LogP contribution is 2.33. The molecule has 4 nitrogen and oxygen atoms in total.